The molecule has 2 atom stereocenters. The lowest BCUT2D eigenvalue weighted by Crippen LogP contribution is -2.54. The van der Waals surface area contributed by atoms with E-state index in [1.165, 1.54) is 44.4 Å². The molecule has 2 aromatic carbocycles. The van der Waals surface area contributed by atoms with E-state index in [0.29, 0.717) is 0 Å². The van der Waals surface area contributed by atoms with Gasteiger partial charge in [0.15, 0.2) is 17.2 Å². The van der Waals surface area contributed by atoms with Gasteiger partial charge in [-0.05, 0) is 36.3 Å². The third kappa shape index (κ3) is 3.44. The second kappa shape index (κ2) is 7.74. The van der Waals surface area contributed by atoms with Gasteiger partial charge in [0.2, 0.25) is 0 Å². The fourth-order valence-corrected chi connectivity index (χ4v) is 4.39. The maximum Gasteiger partial charge on any atom is 0.419 e. The minimum absolute atomic E-state index is 0.0835. The van der Waals surface area contributed by atoms with Crippen LogP contribution >= 0.6 is 11.6 Å². The summed E-state index contributed by atoms with van der Waals surface area (Å²) in [5, 5.41) is 27.7. The molecule has 1 heterocycles. The second-order valence-electron chi connectivity index (χ2n) is 7.82. The highest BCUT2D eigenvalue weighted by atomic mass is 35.5. The molecule has 0 radical (unpaired) electrons. The number of aromatic hydroxyl groups is 1. The first-order valence-corrected chi connectivity index (χ1v) is 10.2. The van der Waals surface area contributed by atoms with Crippen molar-refractivity contribution in [3.63, 3.8) is 0 Å². The number of aromatic nitrogens is 2. The first-order chi connectivity index (χ1) is 15.4. The van der Waals surface area contributed by atoms with Crippen LogP contribution < -0.4 is 10.9 Å². The number of halogens is 5. The molecule has 0 spiro atoms. The first kappa shape index (κ1) is 23.1. The number of aliphatic hydroxyl groups is 1. The Balaban J connectivity index is 2.01. The lowest BCUT2D eigenvalue weighted by atomic mass is 9.72. The molecule has 6 nitrogen and oxygen atoms in total. The molecule has 33 heavy (non-hydrogen) atoms. The zero-order valence-corrected chi connectivity index (χ0v) is 18.1. The Morgan fingerprint density at radius 2 is 2.03 bits per heavy atom. The van der Waals surface area contributed by atoms with Gasteiger partial charge in [0, 0.05) is 30.1 Å². The van der Waals surface area contributed by atoms with Crippen molar-refractivity contribution in [2.24, 2.45) is 7.05 Å². The topological polar surface area (TPSA) is 87.4 Å². The lowest BCUT2D eigenvalue weighted by molar-refractivity contribution is -0.265. The van der Waals surface area contributed by atoms with Crippen molar-refractivity contribution >= 4 is 33.6 Å². The van der Waals surface area contributed by atoms with Gasteiger partial charge in [0.1, 0.15) is 0 Å². The molecule has 0 saturated carbocycles. The van der Waals surface area contributed by atoms with Gasteiger partial charge >= 0.3 is 6.18 Å². The van der Waals surface area contributed by atoms with Crippen molar-refractivity contribution in [1.82, 2.24) is 9.78 Å². The summed E-state index contributed by atoms with van der Waals surface area (Å²) in [6.07, 6.45) is -3.49. The standard InChI is InChI=1S/C22H18ClF4N3O3/c1-3-10-8-21(33,22(25,26)27)19(12-7-14(23)17(24)18(31)16(10)12)29-15-6-4-5-11-13(15)9-28-30(2)20(11)32/h3-7,9,19,29,31,33H,8H2,1-2H3/b10-3-. The summed E-state index contributed by atoms with van der Waals surface area (Å²) in [4.78, 5) is 12.4. The van der Waals surface area contributed by atoms with Crippen LogP contribution in [0.25, 0.3) is 16.3 Å². The highest BCUT2D eigenvalue weighted by Gasteiger charge is 2.62. The second-order valence-corrected chi connectivity index (χ2v) is 8.22. The van der Waals surface area contributed by atoms with E-state index in [9.17, 15) is 32.6 Å². The van der Waals surface area contributed by atoms with Crippen molar-refractivity contribution in [3.05, 3.63) is 68.9 Å². The minimum atomic E-state index is -5.12. The maximum atomic E-state index is 14.3. The Kier molecular flexibility index (Phi) is 5.41. The third-order valence-electron chi connectivity index (χ3n) is 5.92. The molecule has 0 aliphatic heterocycles. The van der Waals surface area contributed by atoms with Crippen molar-refractivity contribution in [2.75, 3.05) is 5.32 Å². The number of hydrogen-bond acceptors (Lipinski definition) is 5. The van der Waals surface area contributed by atoms with E-state index in [1.54, 1.807) is 0 Å². The largest absolute Gasteiger partial charge is 0.504 e. The monoisotopic (exact) mass is 483 g/mol. The number of rotatable bonds is 2. The van der Waals surface area contributed by atoms with E-state index in [4.69, 9.17) is 11.6 Å². The number of benzene rings is 2. The lowest BCUT2D eigenvalue weighted by Gasteiger charge is -2.44. The third-order valence-corrected chi connectivity index (χ3v) is 6.20. The van der Waals surface area contributed by atoms with Crippen LogP contribution in [0.15, 0.2) is 41.3 Å². The number of allylic oxidation sites excluding steroid dienone is 1. The maximum absolute atomic E-state index is 14.3. The van der Waals surface area contributed by atoms with E-state index >= 15 is 0 Å². The molecule has 0 fully saturated rings. The van der Waals surface area contributed by atoms with Gasteiger partial charge in [-0.2, -0.15) is 18.3 Å². The Bertz CT molecular complexity index is 1370. The Morgan fingerprint density at radius 3 is 2.67 bits per heavy atom. The fraction of sp³-hybridized carbons (Fsp3) is 0.273. The van der Waals surface area contributed by atoms with Crippen molar-refractivity contribution in [1.29, 1.82) is 0 Å². The number of aryl methyl sites for hydroxylation is 1. The molecule has 0 bridgehead atoms. The van der Waals surface area contributed by atoms with E-state index in [-0.39, 0.29) is 33.2 Å². The smallest absolute Gasteiger partial charge is 0.419 e. The summed E-state index contributed by atoms with van der Waals surface area (Å²) in [5.41, 5.74) is -4.24. The molecule has 1 aliphatic carbocycles. The average Bonchev–Trinajstić information content (AvgIpc) is 2.75. The molecule has 0 amide bonds. The molecule has 11 heteroatoms. The van der Waals surface area contributed by atoms with Gasteiger partial charge < -0.3 is 15.5 Å². The summed E-state index contributed by atoms with van der Waals surface area (Å²) >= 11 is 5.85. The van der Waals surface area contributed by atoms with Crippen LogP contribution in [-0.4, -0.2) is 31.8 Å². The number of hydrogen-bond donors (Lipinski definition) is 3. The molecule has 1 aromatic heterocycles. The fourth-order valence-electron chi connectivity index (χ4n) is 4.19. The first-order valence-electron chi connectivity index (χ1n) is 9.77. The van der Waals surface area contributed by atoms with Gasteiger partial charge in [-0.15, -0.1) is 0 Å². The Hall–Kier alpha value is -3.11. The molecule has 2 unspecified atom stereocenters. The van der Waals surface area contributed by atoms with Crippen LogP contribution in [0, 0.1) is 5.82 Å². The van der Waals surface area contributed by atoms with Gasteiger partial charge in [-0.3, -0.25) is 4.79 Å². The summed E-state index contributed by atoms with van der Waals surface area (Å²) in [7, 11) is 1.43. The van der Waals surface area contributed by atoms with Crippen molar-refractivity contribution < 1.29 is 27.8 Å². The molecular formula is C22H18ClF4N3O3. The zero-order valence-electron chi connectivity index (χ0n) is 17.3. The summed E-state index contributed by atoms with van der Waals surface area (Å²) in [5.74, 6) is -2.08. The zero-order chi connectivity index (χ0) is 24.3. The molecule has 3 N–H and O–H groups in total. The Labute approximate surface area is 189 Å². The number of phenols is 1. The molecule has 1 aliphatic rings. The summed E-state index contributed by atoms with van der Waals surface area (Å²) < 4.78 is 58.1. The number of fused-ring (bicyclic) bond motifs is 2. The van der Waals surface area contributed by atoms with Crippen LogP contribution in [0.5, 0.6) is 5.75 Å². The number of nitrogens with zero attached hydrogens (tertiary/aromatic N) is 2. The van der Waals surface area contributed by atoms with Crippen LogP contribution in [0.3, 0.4) is 0 Å². The molecule has 3 aromatic rings. The minimum Gasteiger partial charge on any atom is -0.504 e. The van der Waals surface area contributed by atoms with Crippen LogP contribution in [0.2, 0.25) is 5.02 Å². The number of alkyl halides is 3. The quantitative estimate of drug-likeness (QED) is 0.460. The summed E-state index contributed by atoms with van der Waals surface area (Å²) in [6, 6.07) is 3.44. The Morgan fingerprint density at radius 1 is 1.33 bits per heavy atom. The van der Waals surface area contributed by atoms with Crippen LogP contribution in [0.4, 0.5) is 23.2 Å². The van der Waals surface area contributed by atoms with Crippen molar-refractivity contribution in [3.8, 4) is 5.75 Å². The van der Waals surface area contributed by atoms with Gasteiger partial charge in [0.05, 0.1) is 22.6 Å². The predicted molar refractivity (Wildman–Crippen MR) is 116 cm³/mol. The van der Waals surface area contributed by atoms with Crippen LogP contribution in [0.1, 0.15) is 30.5 Å². The number of phenolic OH excluding ortho intramolecular Hbond substituents is 1. The van der Waals surface area contributed by atoms with E-state index in [2.05, 4.69) is 10.4 Å². The number of anilines is 1. The highest BCUT2D eigenvalue weighted by Crippen LogP contribution is 2.55. The normalized spacial score (nSPS) is 21.9. The van der Waals surface area contributed by atoms with Crippen LogP contribution in [-0.2, 0) is 7.05 Å². The van der Waals surface area contributed by atoms with E-state index < -0.39 is 46.4 Å². The highest BCUT2D eigenvalue weighted by molar-refractivity contribution is 6.31. The molecular weight excluding hydrogens is 466 g/mol. The SMILES string of the molecule is C/C=C1/CC(O)(C(F)(F)F)C(Nc2cccc3c(=O)n(C)ncc23)c2cc(Cl)c(F)c(O)c21. The van der Waals surface area contributed by atoms with Crippen molar-refractivity contribution in [2.45, 2.75) is 31.2 Å². The van der Waals surface area contributed by atoms with Gasteiger partial charge in [-0.25, -0.2) is 9.07 Å². The van der Waals surface area contributed by atoms with Gasteiger partial charge in [0.25, 0.3) is 5.56 Å². The molecule has 174 valence electrons. The number of nitrogens with one attached hydrogen (secondary N) is 1. The average molecular weight is 484 g/mol. The molecule has 0 saturated heterocycles. The summed E-state index contributed by atoms with van der Waals surface area (Å²) in [6.45, 7) is 1.42. The predicted octanol–water partition coefficient (Wildman–Crippen LogP) is 4.69. The van der Waals surface area contributed by atoms with Gasteiger partial charge in [-0.1, -0.05) is 23.7 Å². The van der Waals surface area contributed by atoms with E-state index in [0.717, 1.165) is 10.7 Å². The molecule has 4 rings (SSSR count). The van der Waals surface area contributed by atoms with E-state index in [1.807, 2.05) is 0 Å².